The van der Waals surface area contributed by atoms with E-state index in [-0.39, 0.29) is 5.91 Å². The van der Waals surface area contributed by atoms with Crippen LogP contribution in [-0.4, -0.2) is 41.7 Å². The maximum atomic E-state index is 12.2. The Kier molecular flexibility index (Phi) is 6.51. The number of benzene rings is 1. The van der Waals surface area contributed by atoms with E-state index >= 15 is 0 Å². The standard InChI is InChI=1S/C22H30N2O2/c1-3-5-10-22(25)23-13-11-18(12-14-23)20-17-24(15-16-26-4-2)21-9-7-6-8-19(20)21/h3,6-9,17-18H,1,4-5,10-16H2,2H3. The molecule has 4 nitrogen and oxygen atoms in total. The zero-order valence-corrected chi connectivity index (χ0v) is 15.8. The third-order valence-electron chi connectivity index (χ3n) is 5.35. The molecule has 4 heteroatoms. The Morgan fingerprint density at radius 3 is 2.81 bits per heavy atom. The number of aromatic nitrogens is 1. The number of amides is 1. The first kappa shape index (κ1) is 18.7. The van der Waals surface area contributed by atoms with Crippen LogP contribution in [0.25, 0.3) is 10.9 Å². The van der Waals surface area contributed by atoms with E-state index in [2.05, 4.69) is 41.6 Å². The van der Waals surface area contributed by atoms with Crippen LogP contribution in [0.15, 0.2) is 43.1 Å². The number of hydrogen-bond acceptors (Lipinski definition) is 2. The van der Waals surface area contributed by atoms with Crippen molar-refractivity contribution in [2.24, 2.45) is 0 Å². The molecule has 2 aromatic rings. The highest BCUT2D eigenvalue weighted by molar-refractivity contribution is 5.84. The minimum atomic E-state index is 0.266. The topological polar surface area (TPSA) is 34.5 Å². The zero-order valence-electron chi connectivity index (χ0n) is 15.8. The van der Waals surface area contributed by atoms with Crippen molar-refractivity contribution in [3.63, 3.8) is 0 Å². The molecule has 0 aliphatic carbocycles. The highest BCUT2D eigenvalue weighted by Gasteiger charge is 2.25. The highest BCUT2D eigenvalue weighted by atomic mass is 16.5. The summed E-state index contributed by atoms with van der Waals surface area (Å²) in [4.78, 5) is 14.2. The fourth-order valence-corrected chi connectivity index (χ4v) is 3.92. The van der Waals surface area contributed by atoms with Crippen LogP contribution >= 0.6 is 0 Å². The van der Waals surface area contributed by atoms with Gasteiger partial charge in [0.1, 0.15) is 0 Å². The van der Waals surface area contributed by atoms with E-state index in [0.717, 1.165) is 52.1 Å². The minimum absolute atomic E-state index is 0.266. The van der Waals surface area contributed by atoms with Gasteiger partial charge in [0, 0.05) is 49.8 Å². The average Bonchev–Trinajstić information content (AvgIpc) is 3.05. The number of ether oxygens (including phenoxy) is 1. The van der Waals surface area contributed by atoms with E-state index in [1.54, 1.807) is 0 Å². The summed E-state index contributed by atoms with van der Waals surface area (Å²) in [5.41, 5.74) is 2.71. The molecule has 2 heterocycles. The number of fused-ring (bicyclic) bond motifs is 1. The van der Waals surface area contributed by atoms with Gasteiger partial charge in [-0.25, -0.2) is 0 Å². The van der Waals surface area contributed by atoms with E-state index in [1.807, 2.05) is 17.9 Å². The lowest BCUT2D eigenvalue weighted by atomic mass is 9.89. The number of hydrogen-bond donors (Lipinski definition) is 0. The van der Waals surface area contributed by atoms with Gasteiger partial charge in [-0.1, -0.05) is 24.3 Å². The Morgan fingerprint density at radius 1 is 1.31 bits per heavy atom. The Hall–Kier alpha value is -2.07. The van der Waals surface area contributed by atoms with Gasteiger partial charge in [0.05, 0.1) is 6.61 Å². The Labute approximate surface area is 156 Å². The van der Waals surface area contributed by atoms with Gasteiger partial charge in [0.15, 0.2) is 0 Å². The first-order valence-electron chi connectivity index (χ1n) is 9.78. The summed E-state index contributed by atoms with van der Waals surface area (Å²) >= 11 is 0. The first-order chi connectivity index (χ1) is 12.7. The molecule has 0 spiro atoms. The van der Waals surface area contributed by atoms with Gasteiger partial charge in [-0.05, 0) is 43.7 Å². The van der Waals surface area contributed by atoms with Crippen LogP contribution < -0.4 is 0 Å². The molecule has 1 aliphatic rings. The summed E-state index contributed by atoms with van der Waals surface area (Å²) in [7, 11) is 0. The molecule has 0 unspecified atom stereocenters. The molecule has 0 N–H and O–H groups in total. The second kappa shape index (κ2) is 9.04. The number of carbonyl (C=O) groups excluding carboxylic acids is 1. The van der Waals surface area contributed by atoms with E-state index in [1.165, 1.54) is 16.5 Å². The number of rotatable bonds is 8. The number of piperidine rings is 1. The van der Waals surface area contributed by atoms with E-state index in [4.69, 9.17) is 4.74 Å². The quantitative estimate of drug-likeness (QED) is 0.522. The fourth-order valence-electron chi connectivity index (χ4n) is 3.92. The lowest BCUT2D eigenvalue weighted by Gasteiger charge is -2.32. The van der Waals surface area contributed by atoms with Gasteiger partial charge < -0.3 is 14.2 Å². The second-order valence-electron chi connectivity index (χ2n) is 6.97. The lowest BCUT2D eigenvalue weighted by Crippen LogP contribution is -2.37. The highest BCUT2D eigenvalue weighted by Crippen LogP contribution is 2.34. The van der Waals surface area contributed by atoms with Crippen LogP contribution in [0.2, 0.25) is 0 Å². The molecule has 26 heavy (non-hydrogen) atoms. The molecule has 1 fully saturated rings. The normalized spacial score (nSPS) is 15.5. The predicted molar refractivity (Wildman–Crippen MR) is 106 cm³/mol. The van der Waals surface area contributed by atoms with E-state index in [0.29, 0.717) is 12.3 Å². The third kappa shape index (κ3) is 4.18. The van der Waals surface area contributed by atoms with Crippen LogP contribution in [0.4, 0.5) is 0 Å². The van der Waals surface area contributed by atoms with Crippen molar-refractivity contribution >= 4 is 16.8 Å². The summed E-state index contributed by atoms with van der Waals surface area (Å²) in [5.74, 6) is 0.791. The maximum absolute atomic E-state index is 12.2. The molecule has 0 bridgehead atoms. The van der Waals surface area contributed by atoms with Gasteiger partial charge in [-0.2, -0.15) is 0 Å². The van der Waals surface area contributed by atoms with E-state index < -0.39 is 0 Å². The van der Waals surface area contributed by atoms with Crippen LogP contribution in [-0.2, 0) is 16.1 Å². The Morgan fingerprint density at radius 2 is 2.08 bits per heavy atom. The van der Waals surface area contributed by atoms with Crippen molar-refractivity contribution in [2.75, 3.05) is 26.3 Å². The van der Waals surface area contributed by atoms with Crippen molar-refractivity contribution in [3.8, 4) is 0 Å². The zero-order chi connectivity index (χ0) is 18.4. The van der Waals surface area contributed by atoms with Gasteiger partial charge in [-0.3, -0.25) is 4.79 Å². The molecular formula is C22H30N2O2. The molecule has 0 atom stereocenters. The number of carbonyl (C=O) groups is 1. The molecule has 1 aromatic heterocycles. The van der Waals surface area contributed by atoms with Crippen molar-refractivity contribution in [1.82, 2.24) is 9.47 Å². The van der Waals surface area contributed by atoms with Gasteiger partial charge in [0.2, 0.25) is 5.91 Å². The van der Waals surface area contributed by atoms with Gasteiger partial charge in [-0.15, -0.1) is 6.58 Å². The summed E-state index contributed by atoms with van der Waals surface area (Å²) in [5, 5.41) is 1.35. The molecule has 1 aliphatic heterocycles. The maximum Gasteiger partial charge on any atom is 0.222 e. The second-order valence-corrected chi connectivity index (χ2v) is 6.97. The number of likely N-dealkylation sites (tertiary alicyclic amines) is 1. The van der Waals surface area contributed by atoms with Crippen molar-refractivity contribution in [3.05, 3.63) is 48.7 Å². The van der Waals surface area contributed by atoms with Gasteiger partial charge in [0.25, 0.3) is 0 Å². The molecule has 140 valence electrons. The molecule has 0 radical (unpaired) electrons. The van der Waals surface area contributed by atoms with Crippen molar-refractivity contribution < 1.29 is 9.53 Å². The van der Waals surface area contributed by atoms with Crippen LogP contribution in [0.3, 0.4) is 0 Å². The SMILES string of the molecule is C=CCCC(=O)N1CCC(c2cn(CCOCC)c3ccccc23)CC1. The molecular weight excluding hydrogens is 324 g/mol. The molecule has 1 amide bonds. The smallest absolute Gasteiger partial charge is 0.222 e. The monoisotopic (exact) mass is 354 g/mol. The molecule has 3 rings (SSSR count). The Balaban J connectivity index is 1.71. The summed E-state index contributed by atoms with van der Waals surface area (Å²) < 4.78 is 7.86. The lowest BCUT2D eigenvalue weighted by molar-refractivity contribution is -0.132. The van der Waals surface area contributed by atoms with Crippen molar-refractivity contribution in [2.45, 2.75) is 45.1 Å². The summed E-state index contributed by atoms with van der Waals surface area (Å²) in [6.45, 7) is 9.83. The van der Waals surface area contributed by atoms with Crippen LogP contribution in [0.1, 0.15) is 44.1 Å². The summed E-state index contributed by atoms with van der Waals surface area (Å²) in [6.07, 6.45) is 7.57. The first-order valence-corrected chi connectivity index (χ1v) is 9.78. The van der Waals surface area contributed by atoms with Gasteiger partial charge >= 0.3 is 0 Å². The molecule has 1 aromatic carbocycles. The minimum Gasteiger partial charge on any atom is -0.380 e. The van der Waals surface area contributed by atoms with E-state index in [9.17, 15) is 4.79 Å². The number of nitrogens with zero attached hydrogens (tertiary/aromatic N) is 2. The Bertz CT molecular complexity index is 742. The third-order valence-corrected chi connectivity index (χ3v) is 5.35. The molecule has 1 saturated heterocycles. The fraction of sp³-hybridized carbons (Fsp3) is 0.500. The number of para-hydroxylation sites is 1. The average molecular weight is 354 g/mol. The van der Waals surface area contributed by atoms with Crippen LogP contribution in [0, 0.1) is 0 Å². The number of allylic oxidation sites excluding steroid dienone is 1. The van der Waals surface area contributed by atoms with Crippen molar-refractivity contribution in [1.29, 1.82) is 0 Å². The van der Waals surface area contributed by atoms with Crippen LogP contribution in [0.5, 0.6) is 0 Å². The summed E-state index contributed by atoms with van der Waals surface area (Å²) in [6, 6.07) is 8.64. The molecule has 0 saturated carbocycles. The predicted octanol–water partition coefficient (Wildman–Crippen LogP) is 4.35. The largest absolute Gasteiger partial charge is 0.380 e.